The zero-order valence-corrected chi connectivity index (χ0v) is 49.2. The minimum Gasteiger partial charge on any atom is -0.394 e. The molecule has 0 radical (unpaired) electrons. The van der Waals surface area contributed by atoms with Crippen molar-refractivity contribution in [1.82, 2.24) is 5.32 Å². The monoisotopic (exact) mass is 1010 g/mol. The van der Waals surface area contributed by atoms with Gasteiger partial charge in [0.1, 0.15) is 0 Å². The SMILES string of the molecule is CCCCCCC/C=C\C/C=C\C/C=C\CCCCCCCCCCCCCCCCCCCCCCCCC(=O)NC(CO)C(O)CCCCCCCCCCCCCCCCCCCCCCCCC. The fourth-order valence-electron chi connectivity index (χ4n) is 10.6. The molecular weight excluding hydrogens is 879 g/mol. The molecule has 0 bridgehead atoms. The normalized spacial score (nSPS) is 12.9. The van der Waals surface area contributed by atoms with E-state index in [1.165, 1.54) is 308 Å². The quantitative estimate of drug-likeness (QED) is 0.0420. The van der Waals surface area contributed by atoms with Gasteiger partial charge in [-0.15, -0.1) is 0 Å². The van der Waals surface area contributed by atoms with Gasteiger partial charge >= 0.3 is 0 Å². The number of nitrogens with one attached hydrogen (secondary N) is 1. The first kappa shape index (κ1) is 70.6. The van der Waals surface area contributed by atoms with Gasteiger partial charge in [-0.1, -0.05) is 352 Å². The average molecular weight is 1010 g/mol. The molecule has 0 fully saturated rings. The Labute approximate surface area is 452 Å². The molecule has 4 heteroatoms. The van der Waals surface area contributed by atoms with Crippen molar-refractivity contribution >= 4 is 5.91 Å². The fraction of sp³-hybridized carbons (Fsp3) is 0.897. The average Bonchev–Trinajstić information content (AvgIpc) is 3.39. The summed E-state index contributed by atoms with van der Waals surface area (Å²) in [7, 11) is 0. The summed E-state index contributed by atoms with van der Waals surface area (Å²) in [5.74, 6) is -0.0232. The van der Waals surface area contributed by atoms with E-state index in [1.54, 1.807) is 0 Å². The van der Waals surface area contributed by atoms with Gasteiger partial charge in [0.15, 0.2) is 0 Å². The lowest BCUT2D eigenvalue weighted by Crippen LogP contribution is -2.45. The highest BCUT2D eigenvalue weighted by molar-refractivity contribution is 5.76. The summed E-state index contributed by atoms with van der Waals surface area (Å²) in [6.45, 7) is 4.39. The van der Waals surface area contributed by atoms with Gasteiger partial charge in [-0.05, 0) is 51.4 Å². The Hall–Kier alpha value is -1.39. The molecule has 3 N–H and O–H groups in total. The number of aliphatic hydroxyl groups is 2. The summed E-state index contributed by atoms with van der Waals surface area (Å²) < 4.78 is 0. The lowest BCUT2D eigenvalue weighted by atomic mass is 10.0. The lowest BCUT2D eigenvalue weighted by Gasteiger charge is -2.22. The molecule has 0 aliphatic heterocycles. The van der Waals surface area contributed by atoms with Crippen LogP contribution in [0.4, 0.5) is 0 Å². The second-order valence-corrected chi connectivity index (χ2v) is 22.9. The van der Waals surface area contributed by atoms with Crippen LogP contribution in [0.2, 0.25) is 0 Å². The minimum atomic E-state index is -0.659. The number of rotatable bonds is 62. The van der Waals surface area contributed by atoms with Crippen LogP contribution in [-0.4, -0.2) is 34.9 Å². The maximum Gasteiger partial charge on any atom is 0.220 e. The summed E-state index contributed by atoms with van der Waals surface area (Å²) >= 11 is 0. The molecule has 2 atom stereocenters. The third kappa shape index (κ3) is 59.5. The first-order chi connectivity index (χ1) is 35.7. The van der Waals surface area contributed by atoms with Crippen LogP contribution in [0, 0.1) is 0 Å². The molecule has 0 rings (SSSR count). The summed E-state index contributed by atoms with van der Waals surface area (Å²) in [5.41, 5.74) is 0. The maximum absolute atomic E-state index is 12.5. The van der Waals surface area contributed by atoms with Gasteiger partial charge in [-0.25, -0.2) is 0 Å². The van der Waals surface area contributed by atoms with Crippen LogP contribution in [0.25, 0.3) is 0 Å². The predicted octanol–water partition coefficient (Wildman–Crippen LogP) is 22.4. The van der Waals surface area contributed by atoms with Crippen LogP contribution in [0.15, 0.2) is 36.5 Å². The smallest absolute Gasteiger partial charge is 0.220 e. The number of carbonyl (C=O) groups is 1. The zero-order chi connectivity index (χ0) is 52.0. The molecule has 0 saturated carbocycles. The molecule has 0 aromatic carbocycles. The van der Waals surface area contributed by atoms with E-state index in [4.69, 9.17) is 0 Å². The van der Waals surface area contributed by atoms with E-state index < -0.39 is 12.1 Å². The topological polar surface area (TPSA) is 69.6 Å². The van der Waals surface area contributed by atoms with Crippen molar-refractivity contribution < 1.29 is 15.0 Å². The zero-order valence-electron chi connectivity index (χ0n) is 49.2. The third-order valence-corrected chi connectivity index (χ3v) is 15.7. The highest BCUT2D eigenvalue weighted by Crippen LogP contribution is 2.19. The van der Waals surface area contributed by atoms with Crippen LogP contribution in [0.5, 0.6) is 0 Å². The molecule has 0 spiro atoms. The van der Waals surface area contributed by atoms with E-state index in [2.05, 4.69) is 55.6 Å². The van der Waals surface area contributed by atoms with Gasteiger partial charge in [0, 0.05) is 6.42 Å². The van der Waals surface area contributed by atoms with Crippen molar-refractivity contribution in [3.05, 3.63) is 36.5 Å². The third-order valence-electron chi connectivity index (χ3n) is 15.7. The van der Waals surface area contributed by atoms with Gasteiger partial charge in [-0.3, -0.25) is 4.79 Å². The summed E-state index contributed by atoms with van der Waals surface area (Å²) in [6.07, 6.45) is 87.5. The maximum atomic E-state index is 12.5. The Morgan fingerprint density at radius 1 is 0.333 bits per heavy atom. The van der Waals surface area contributed by atoms with Gasteiger partial charge in [0.2, 0.25) is 5.91 Å². The molecule has 4 nitrogen and oxygen atoms in total. The number of hydrogen-bond acceptors (Lipinski definition) is 3. The number of amides is 1. The molecule has 426 valence electrons. The van der Waals surface area contributed by atoms with Crippen molar-refractivity contribution in [2.24, 2.45) is 0 Å². The van der Waals surface area contributed by atoms with E-state index >= 15 is 0 Å². The number of aliphatic hydroxyl groups excluding tert-OH is 2. The van der Waals surface area contributed by atoms with Gasteiger partial charge in [0.05, 0.1) is 18.8 Å². The number of hydrogen-bond donors (Lipinski definition) is 3. The standard InChI is InChI=1S/C68H131NO3/c1-3-5-7-9-11-13-15-17-19-21-23-25-27-28-29-30-31-32-33-34-35-36-37-38-39-40-42-44-46-48-50-52-54-56-58-60-62-64-68(72)69-66(65-70)67(71)63-61-59-57-55-53-51-49-47-45-43-41-26-24-22-20-18-16-14-12-10-8-6-4-2/h15,17,21,23,27-28,66-67,70-71H,3-14,16,18-20,22,24-26,29-65H2,1-2H3,(H,69,72)/b17-15-,23-21-,28-27-. The van der Waals surface area contributed by atoms with E-state index in [1.807, 2.05) is 0 Å². The van der Waals surface area contributed by atoms with Crippen LogP contribution in [-0.2, 0) is 4.79 Å². The second kappa shape index (κ2) is 63.9. The van der Waals surface area contributed by atoms with Gasteiger partial charge in [0.25, 0.3) is 0 Å². The summed E-state index contributed by atoms with van der Waals surface area (Å²) in [6, 6.07) is -0.535. The molecule has 72 heavy (non-hydrogen) atoms. The first-order valence-electron chi connectivity index (χ1n) is 33.2. The van der Waals surface area contributed by atoms with Crippen LogP contribution < -0.4 is 5.32 Å². The second-order valence-electron chi connectivity index (χ2n) is 22.9. The summed E-state index contributed by atoms with van der Waals surface area (Å²) in [5, 5.41) is 23.4. The Balaban J connectivity index is 3.39. The molecule has 1 amide bonds. The fourth-order valence-corrected chi connectivity index (χ4v) is 10.6. The van der Waals surface area contributed by atoms with E-state index in [9.17, 15) is 15.0 Å². The molecule has 0 saturated heterocycles. The number of carbonyl (C=O) groups excluding carboxylic acids is 1. The Kier molecular flexibility index (Phi) is 62.7. The summed E-state index contributed by atoms with van der Waals surface area (Å²) in [4.78, 5) is 12.5. The van der Waals surface area contributed by atoms with E-state index in [0.29, 0.717) is 12.8 Å². The van der Waals surface area contributed by atoms with Crippen molar-refractivity contribution in [3.63, 3.8) is 0 Å². The molecule has 0 heterocycles. The van der Waals surface area contributed by atoms with Crippen LogP contribution in [0.1, 0.15) is 373 Å². The first-order valence-corrected chi connectivity index (χ1v) is 33.2. The lowest BCUT2D eigenvalue weighted by molar-refractivity contribution is -0.123. The van der Waals surface area contributed by atoms with Crippen LogP contribution in [0.3, 0.4) is 0 Å². The van der Waals surface area contributed by atoms with Gasteiger partial charge < -0.3 is 15.5 Å². The Morgan fingerprint density at radius 3 is 0.847 bits per heavy atom. The predicted molar refractivity (Wildman–Crippen MR) is 322 cm³/mol. The van der Waals surface area contributed by atoms with Crippen molar-refractivity contribution in [3.8, 4) is 0 Å². The molecule has 0 aromatic rings. The van der Waals surface area contributed by atoms with Crippen LogP contribution >= 0.6 is 0 Å². The number of allylic oxidation sites excluding steroid dienone is 6. The van der Waals surface area contributed by atoms with Crippen molar-refractivity contribution in [2.45, 2.75) is 386 Å². The highest BCUT2D eigenvalue weighted by atomic mass is 16.3. The van der Waals surface area contributed by atoms with E-state index in [-0.39, 0.29) is 12.5 Å². The minimum absolute atomic E-state index is 0.0232. The highest BCUT2D eigenvalue weighted by Gasteiger charge is 2.20. The Bertz CT molecular complexity index is 1100. The molecule has 0 aromatic heterocycles. The van der Waals surface area contributed by atoms with E-state index in [0.717, 1.165) is 38.5 Å². The van der Waals surface area contributed by atoms with Crippen molar-refractivity contribution in [2.75, 3.05) is 6.61 Å². The van der Waals surface area contributed by atoms with Gasteiger partial charge in [-0.2, -0.15) is 0 Å². The molecule has 0 aliphatic carbocycles. The van der Waals surface area contributed by atoms with Crippen molar-refractivity contribution in [1.29, 1.82) is 0 Å². The number of unbranched alkanes of at least 4 members (excludes halogenated alkanes) is 49. The molecular formula is C68H131NO3. The Morgan fingerprint density at radius 2 is 0.569 bits per heavy atom. The molecule has 0 aliphatic rings. The largest absolute Gasteiger partial charge is 0.394 e. The molecule has 2 unspecified atom stereocenters.